The van der Waals surface area contributed by atoms with Gasteiger partial charge in [0.05, 0.1) is 6.61 Å². The monoisotopic (exact) mass is 278 g/mol. The molecule has 2 rings (SSSR count). The van der Waals surface area contributed by atoms with E-state index in [1.54, 1.807) is 6.07 Å². The Morgan fingerprint density at radius 2 is 2.15 bits per heavy atom. The summed E-state index contributed by atoms with van der Waals surface area (Å²) < 4.78 is 5.53. The molecular formula is C16H26N2O2. The summed E-state index contributed by atoms with van der Waals surface area (Å²) in [5.74, 6) is 1.09. The van der Waals surface area contributed by atoms with E-state index < -0.39 is 0 Å². The number of likely N-dealkylation sites (N-methyl/N-ethyl adjacent to an activating group) is 1. The van der Waals surface area contributed by atoms with E-state index in [4.69, 9.17) is 4.74 Å². The van der Waals surface area contributed by atoms with Crippen LogP contribution in [0.2, 0.25) is 0 Å². The Hall–Kier alpha value is -1.26. The molecule has 4 nitrogen and oxygen atoms in total. The second-order valence-corrected chi connectivity index (χ2v) is 5.70. The molecular weight excluding hydrogens is 252 g/mol. The van der Waals surface area contributed by atoms with E-state index in [1.165, 1.54) is 0 Å². The molecule has 4 heteroatoms. The van der Waals surface area contributed by atoms with E-state index in [2.05, 4.69) is 30.7 Å². The third-order valence-corrected chi connectivity index (χ3v) is 3.97. The second kappa shape index (κ2) is 6.95. The van der Waals surface area contributed by atoms with E-state index >= 15 is 0 Å². The lowest BCUT2D eigenvalue weighted by Crippen LogP contribution is -2.49. The van der Waals surface area contributed by atoms with Crippen molar-refractivity contribution in [3.8, 4) is 11.5 Å². The van der Waals surface area contributed by atoms with Crippen LogP contribution >= 0.6 is 0 Å². The van der Waals surface area contributed by atoms with Crippen LogP contribution in [0.15, 0.2) is 18.2 Å². The highest BCUT2D eigenvalue weighted by atomic mass is 16.5. The maximum atomic E-state index is 10.1. The molecule has 1 unspecified atom stereocenters. The molecule has 1 N–H and O–H groups in total. The molecule has 0 radical (unpaired) electrons. The van der Waals surface area contributed by atoms with Gasteiger partial charge in [-0.05, 0) is 26.5 Å². The predicted octanol–water partition coefficient (Wildman–Crippen LogP) is 2.32. The lowest BCUT2D eigenvalue weighted by Gasteiger charge is -2.37. The summed E-state index contributed by atoms with van der Waals surface area (Å²) in [4.78, 5) is 4.77. The topological polar surface area (TPSA) is 35.9 Å². The van der Waals surface area contributed by atoms with Crippen molar-refractivity contribution in [3.63, 3.8) is 0 Å². The second-order valence-electron chi connectivity index (χ2n) is 5.70. The van der Waals surface area contributed by atoms with Gasteiger partial charge in [0.1, 0.15) is 11.5 Å². The highest BCUT2D eigenvalue weighted by Gasteiger charge is 2.21. The predicted molar refractivity (Wildman–Crippen MR) is 81.3 cm³/mol. The van der Waals surface area contributed by atoms with Gasteiger partial charge in [-0.15, -0.1) is 0 Å². The highest BCUT2D eigenvalue weighted by molar-refractivity contribution is 5.39. The minimum atomic E-state index is 0.338. The maximum absolute atomic E-state index is 10.1. The summed E-state index contributed by atoms with van der Waals surface area (Å²) in [6, 6.07) is 6.22. The number of phenols is 1. The number of rotatable bonds is 5. The van der Waals surface area contributed by atoms with Crippen LogP contribution < -0.4 is 4.74 Å². The van der Waals surface area contributed by atoms with Crippen molar-refractivity contribution < 1.29 is 9.84 Å². The molecule has 0 aromatic heterocycles. The van der Waals surface area contributed by atoms with Crippen LogP contribution in [-0.4, -0.2) is 54.2 Å². The Bertz CT molecular complexity index is 436. The van der Waals surface area contributed by atoms with E-state index in [9.17, 15) is 5.11 Å². The third-order valence-electron chi connectivity index (χ3n) is 3.97. The minimum Gasteiger partial charge on any atom is -0.507 e. The standard InChI is InChI=1S/C16H26N2O2/c1-4-9-20-15-6-5-14(16(19)10-15)12-18-8-7-17(3)13(2)11-18/h5-6,10,13,19H,4,7-9,11-12H2,1-3H3. The fourth-order valence-corrected chi connectivity index (χ4v) is 2.50. The first-order valence-electron chi connectivity index (χ1n) is 7.47. The smallest absolute Gasteiger partial charge is 0.123 e. The first-order valence-corrected chi connectivity index (χ1v) is 7.47. The van der Waals surface area contributed by atoms with Crippen molar-refractivity contribution in [2.45, 2.75) is 32.9 Å². The molecule has 1 aliphatic heterocycles. The van der Waals surface area contributed by atoms with Gasteiger partial charge in [-0.1, -0.05) is 13.0 Å². The van der Waals surface area contributed by atoms with E-state index in [-0.39, 0.29) is 0 Å². The number of benzene rings is 1. The summed E-state index contributed by atoms with van der Waals surface area (Å²) >= 11 is 0. The highest BCUT2D eigenvalue weighted by Crippen LogP contribution is 2.25. The molecule has 0 saturated carbocycles. The van der Waals surface area contributed by atoms with Gasteiger partial charge in [0.2, 0.25) is 0 Å². The molecule has 0 aliphatic carbocycles. The third kappa shape index (κ3) is 3.87. The van der Waals surface area contributed by atoms with Crippen LogP contribution in [0.1, 0.15) is 25.8 Å². The molecule has 0 spiro atoms. The zero-order valence-electron chi connectivity index (χ0n) is 12.8. The van der Waals surface area contributed by atoms with Gasteiger partial charge in [0.15, 0.2) is 0 Å². The van der Waals surface area contributed by atoms with Crippen LogP contribution in [-0.2, 0) is 6.54 Å². The first kappa shape index (κ1) is 15.1. The summed E-state index contributed by atoms with van der Waals surface area (Å²) in [6.07, 6.45) is 0.974. The number of hydrogen-bond donors (Lipinski definition) is 1. The first-order chi connectivity index (χ1) is 9.60. The Labute approximate surface area is 122 Å². The average molecular weight is 278 g/mol. The van der Waals surface area contributed by atoms with Gasteiger partial charge in [-0.3, -0.25) is 4.90 Å². The molecule has 1 atom stereocenters. The number of piperazine rings is 1. The van der Waals surface area contributed by atoms with Crippen LogP contribution in [0.4, 0.5) is 0 Å². The van der Waals surface area contributed by atoms with Gasteiger partial charge in [-0.25, -0.2) is 0 Å². The van der Waals surface area contributed by atoms with Crippen LogP contribution in [0.3, 0.4) is 0 Å². The normalized spacial score (nSPS) is 21.1. The van der Waals surface area contributed by atoms with Crippen molar-refractivity contribution in [1.29, 1.82) is 0 Å². The van der Waals surface area contributed by atoms with E-state index in [0.29, 0.717) is 18.4 Å². The average Bonchev–Trinajstić information content (AvgIpc) is 2.43. The van der Waals surface area contributed by atoms with Crippen LogP contribution in [0.5, 0.6) is 11.5 Å². The lowest BCUT2D eigenvalue weighted by atomic mass is 10.1. The summed E-state index contributed by atoms with van der Waals surface area (Å²) in [5, 5.41) is 10.1. The number of ether oxygens (including phenoxy) is 1. The molecule has 1 fully saturated rings. The number of hydrogen-bond acceptors (Lipinski definition) is 4. The maximum Gasteiger partial charge on any atom is 0.123 e. The molecule has 1 aromatic carbocycles. The Kier molecular flexibility index (Phi) is 5.26. The molecule has 0 bridgehead atoms. The van der Waals surface area contributed by atoms with Crippen molar-refractivity contribution in [1.82, 2.24) is 9.80 Å². The van der Waals surface area contributed by atoms with Crippen molar-refractivity contribution >= 4 is 0 Å². The molecule has 1 heterocycles. The van der Waals surface area contributed by atoms with Crippen molar-refractivity contribution in [2.75, 3.05) is 33.3 Å². The van der Waals surface area contributed by atoms with Gasteiger partial charge < -0.3 is 14.7 Å². The van der Waals surface area contributed by atoms with Crippen molar-refractivity contribution in [2.24, 2.45) is 0 Å². The molecule has 20 heavy (non-hydrogen) atoms. The molecule has 112 valence electrons. The zero-order chi connectivity index (χ0) is 14.5. The summed E-state index contributed by atoms with van der Waals surface area (Å²) in [6.45, 7) is 8.99. The quantitative estimate of drug-likeness (QED) is 0.896. The SMILES string of the molecule is CCCOc1ccc(CN2CCN(C)C(C)C2)c(O)c1. The Morgan fingerprint density at radius 1 is 1.35 bits per heavy atom. The lowest BCUT2D eigenvalue weighted by molar-refractivity contribution is 0.0993. The Morgan fingerprint density at radius 3 is 2.80 bits per heavy atom. The van der Waals surface area contributed by atoms with Gasteiger partial charge in [0, 0.05) is 43.9 Å². The fourth-order valence-electron chi connectivity index (χ4n) is 2.50. The largest absolute Gasteiger partial charge is 0.507 e. The number of nitrogens with zero attached hydrogens (tertiary/aromatic N) is 2. The molecule has 1 saturated heterocycles. The minimum absolute atomic E-state index is 0.338. The number of aromatic hydroxyl groups is 1. The van der Waals surface area contributed by atoms with Crippen LogP contribution in [0, 0.1) is 0 Å². The molecule has 1 aromatic rings. The van der Waals surface area contributed by atoms with Gasteiger partial charge in [0.25, 0.3) is 0 Å². The van der Waals surface area contributed by atoms with E-state index in [1.807, 2.05) is 12.1 Å². The van der Waals surface area contributed by atoms with Gasteiger partial charge >= 0.3 is 0 Å². The summed E-state index contributed by atoms with van der Waals surface area (Å²) in [5.41, 5.74) is 0.977. The fraction of sp³-hybridized carbons (Fsp3) is 0.625. The van der Waals surface area contributed by atoms with Crippen molar-refractivity contribution in [3.05, 3.63) is 23.8 Å². The summed E-state index contributed by atoms with van der Waals surface area (Å²) in [7, 11) is 2.17. The molecule has 0 amide bonds. The zero-order valence-corrected chi connectivity index (χ0v) is 12.8. The van der Waals surface area contributed by atoms with Crippen LogP contribution in [0.25, 0.3) is 0 Å². The van der Waals surface area contributed by atoms with E-state index in [0.717, 1.165) is 43.9 Å². The van der Waals surface area contributed by atoms with Gasteiger partial charge in [-0.2, -0.15) is 0 Å². The number of phenolic OH excluding ortho intramolecular Hbond substituents is 1. The Balaban J connectivity index is 1.96. The molecule has 1 aliphatic rings.